The van der Waals surface area contributed by atoms with Crippen molar-refractivity contribution in [1.29, 1.82) is 0 Å². The van der Waals surface area contributed by atoms with Crippen LogP contribution in [-0.4, -0.2) is 53.7 Å². The van der Waals surface area contributed by atoms with Crippen LogP contribution < -0.4 is 5.73 Å². The molecule has 1 aliphatic carbocycles. The van der Waals surface area contributed by atoms with Crippen LogP contribution in [0.5, 0.6) is 0 Å². The van der Waals surface area contributed by atoms with Crippen LogP contribution in [0.4, 0.5) is 5.82 Å². The molecule has 3 rings (SSSR count). The first-order valence-corrected chi connectivity index (χ1v) is 6.96. The Morgan fingerprint density at radius 1 is 1.24 bits per heavy atom. The van der Waals surface area contributed by atoms with E-state index < -0.39 is 12.2 Å². The fourth-order valence-electron chi connectivity index (χ4n) is 3.42. The molecule has 0 amide bonds. The molecule has 5 N–H and O–H groups in total. The Balaban J connectivity index is 2.04. The number of nitrogen functional groups attached to an aromatic ring is 1. The number of aliphatic hydroxyl groups is 3. The van der Waals surface area contributed by atoms with Gasteiger partial charge in [-0.2, -0.15) is 0 Å². The molecule has 0 aliphatic heterocycles. The van der Waals surface area contributed by atoms with Crippen LogP contribution in [0.3, 0.4) is 0 Å². The lowest BCUT2D eigenvalue weighted by Crippen LogP contribution is -2.29. The van der Waals surface area contributed by atoms with E-state index in [4.69, 9.17) is 10.8 Å². The molecular weight excluding hydrogens is 274 g/mol. The number of rotatable bonds is 3. The quantitative estimate of drug-likeness (QED) is 0.589. The number of imidazole rings is 1. The number of aromatic nitrogens is 4. The van der Waals surface area contributed by atoms with Gasteiger partial charge in [-0.3, -0.25) is 0 Å². The van der Waals surface area contributed by atoms with Gasteiger partial charge >= 0.3 is 0 Å². The second kappa shape index (κ2) is 5.21. The highest BCUT2D eigenvalue weighted by molar-refractivity contribution is 5.81. The fourth-order valence-corrected chi connectivity index (χ4v) is 3.42. The second-order valence-corrected chi connectivity index (χ2v) is 5.59. The summed E-state index contributed by atoms with van der Waals surface area (Å²) in [6, 6.07) is -0.365. The molecule has 1 fully saturated rings. The van der Waals surface area contributed by atoms with Crippen molar-refractivity contribution >= 4 is 17.0 Å². The van der Waals surface area contributed by atoms with Crippen LogP contribution in [0.15, 0.2) is 12.7 Å². The lowest BCUT2D eigenvalue weighted by molar-refractivity contribution is 0.00256. The Kier molecular flexibility index (Phi) is 3.52. The largest absolute Gasteiger partial charge is 0.396 e. The third kappa shape index (κ3) is 2.06. The van der Waals surface area contributed by atoms with E-state index in [0.717, 1.165) is 0 Å². The second-order valence-electron chi connectivity index (χ2n) is 5.59. The summed E-state index contributed by atoms with van der Waals surface area (Å²) < 4.78 is 1.74. The number of hydrogen-bond acceptors (Lipinski definition) is 7. The standard InChI is InChI=1S/C13H19N5O3/c1-6-7(2-3-19)10(20)11(21)9(6)18-5-17-8-12(14)15-4-16-13(8)18/h4-7,9-11,19-21H,2-3H2,1H3,(H2,14,15,16)/t6?,7-,9+,10+,11-/m0/s1. The van der Waals surface area contributed by atoms with Crippen molar-refractivity contribution in [2.45, 2.75) is 31.6 Å². The van der Waals surface area contributed by atoms with Gasteiger partial charge in [0, 0.05) is 6.61 Å². The highest BCUT2D eigenvalue weighted by Crippen LogP contribution is 2.43. The van der Waals surface area contributed by atoms with Gasteiger partial charge in [-0.05, 0) is 18.3 Å². The smallest absolute Gasteiger partial charge is 0.165 e. The molecule has 2 aromatic heterocycles. The minimum absolute atomic E-state index is 0.0225. The average Bonchev–Trinajstić information content (AvgIpc) is 2.96. The summed E-state index contributed by atoms with van der Waals surface area (Å²) in [6.45, 7) is 1.92. The molecular formula is C13H19N5O3. The van der Waals surface area contributed by atoms with Crippen LogP contribution in [0.1, 0.15) is 19.4 Å². The van der Waals surface area contributed by atoms with E-state index >= 15 is 0 Å². The van der Waals surface area contributed by atoms with E-state index in [-0.39, 0.29) is 30.3 Å². The molecule has 0 radical (unpaired) electrons. The zero-order valence-electron chi connectivity index (χ0n) is 11.7. The Labute approximate surface area is 121 Å². The van der Waals surface area contributed by atoms with E-state index in [2.05, 4.69) is 15.0 Å². The highest BCUT2D eigenvalue weighted by atomic mass is 16.3. The first-order valence-electron chi connectivity index (χ1n) is 6.96. The van der Waals surface area contributed by atoms with Crippen LogP contribution in [0.2, 0.25) is 0 Å². The van der Waals surface area contributed by atoms with E-state index in [1.165, 1.54) is 6.33 Å². The molecule has 0 saturated heterocycles. The van der Waals surface area contributed by atoms with Gasteiger partial charge in [0.1, 0.15) is 17.9 Å². The molecule has 8 heteroatoms. The number of fused-ring (bicyclic) bond motifs is 1. The van der Waals surface area contributed by atoms with Gasteiger partial charge in [-0.1, -0.05) is 6.92 Å². The number of anilines is 1. The number of nitrogens with two attached hydrogens (primary N) is 1. The average molecular weight is 293 g/mol. The lowest BCUT2D eigenvalue weighted by Gasteiger charge is -2.22. The fraction of sp³-hybridized carbons (Fsp3) is 0.615. The topological polar surface area (TPSA) is 130 Å². The summed E-state index contributed by atoms with van der Waals surface area (Å²) in [6.07, 6.45) is 1.54. The van der Waals surface area contributed by atoms with E-state index in [1.54, 1.807) is 10.9 Å². The van der Waals surface area contributed by atoms with Crippen molar-refractivity contribution in [3.63, 3.8) is 0 Å². The van der Waals surface area contributed by atoms with E-state index in [9.17, 15) is 10.2 Å². The zero-order chi connectivity index (χ0) is 15.1. The van der Waals surface area contributed by atoms with Gasteiger partial charge in [0.25, 0.3) is 0 Å². The predicted molar refractivity (Wildman–Crippen MR) is 75.1 cm³/mol. The van der Waals surface area contributed by atoms with Crippen molar-refractivity contribution in [3.05, 3.63) is 12.7 Å². The molecule has 1 unspecified atom stereocenters. The molecule has 114 valence electrons. The summed E-state index contributed by atoms with van der Waals surface area (Å²) in [5.74, 6) is 0.0775. The number of nitrogens with zero attached hydrogens (tertiary/aromatic N) is 4. The van der Waals surface area contributed by atoms with Gasteiger partial charge in [-0.15, -0.1) is 0 Å². The molecule has 21 heavy (non-hydrogen) atoms. The van der Waals surface area contributed by atoms with Crippen molar-refractivity contribution in [2.75, 3.05) is 12.3 Å². The highest BCUT2D eigenvalue weighted by Gasteiger charge is 2.48. The van der Waals surface area contributed by atoms with Crippen molar-refractivity contribution in [2.24, 2.45) is 11.8 Å². The Morgan fingerprint density at radius 2 is 2.00 bits per heavy atom. The molecule has 2 heterocycles. The normalized spacial score (nSPS) is 32.9. The Morgan fingerprint density at radius 3 is 2.71 bits per heavy atom. The van der Waals surface area contributed by atoms with Crippen LogP contribution in [0, 0.1) is 11.8 Å². The zero-order valence-corrected chi connectivity index (χ0v) is 11.7. The maximum atomic E-state index is 10.4. The predicted octanol–water partition coefficient (Wildman–Crippen LogP) is -0.680. The van der Waals surface area contributed by atoms with E-state index in [0.29, 0.717) is 17.6 Å². The molecule has 1 aliphatic rings. The number of hydrogen-bond donors (Lipinski definition) is 4. The minimum Gasteiger partial charge on any atom is -0.396 e. The van der Waals surface area contributed by atoms with Gasteiger partial charge in [0.05, 0.1) is 18.5 Å². The van der Waals surface area contributed by atoms with Crippen molar-refractivity contribution in [1.82, 2.24) is 19.5 Å². The number of aliphatic hydroxyl groups excluding tert-OH is 3. The Bertz CT molecular complexity index is 646. The first-order chi connectivity index (χ1) is 10.1. The van der Waals surface area contributed by atoms with E-state index in [1.807, 2.05) is 6.92 Å². The molecule has 0 spiro atoms. The maximum absolute atomic E-state index is 10.4. The van der Waals surface area contributed by atoms with Crippen LogP contribution in [0.25, 0.3) is 11.2 Å². The summed E-state index contributed by atoms with van der Waals surface area (Å²) in [5.41, 5.74) is 6.79. The monoisotopic (exact) mass is 293 g/mol. The van der Waals surface area contributed by atoms with Crippen LogP contribution in [-0.2, 0) is 0 Å². The maximum Gasteiger partial charge on any atom is 0.165 e. The molecule has 1 saturated carbocycles. The molecule has 0 bridgehead atoms. The summed E-state index contributed by atoms with van der Waals surface area (Å²) in [4.78, 5) is 12.3. The third-order valence-electron chi connectivity index (χ3n) is 4.52. The van der Waals surface area contributed by atoms with Gasteiger partial charge in [0.2, 0.25) is 0 Å². The summed E-state index contributed by atoms with van der Waals surface area (Å²) in [5, 5.41) is 29.7. The molecule has 8 nitrogen and oxygen atoms in total. The third-order valence-corrected chi connectivity index (χ3v) is 4.52. The lowest BCUT2D eigenvalue weighted by atomic mass is 9.92. The first kappa shape index (κ1) is 14.2. The summed E-state index contributed by atoms with van der Waals surface area (Å²) >= 11 is 0. The minimum atomic E-state index is -0.940. The van der Waals surface area contributed by atoms with Gasteiger partial charge in [-0.25, -0.2) is 15.0 Å². The van der Waals surface area contributed by atoms with Crippen molar-refractivity contribution < 1.29 is 15.3 Å². The molecule has 0 aromatic carbocycles. The van der Waals surface area contributed by atoms with Gasteiger partial charge < -0.3 is 25.6 Å². The van der Waals surface area contributed by atoms with Crippen LogP contribution >= 0.6 is 0 Å². The molecule has 2 aromatic rings. The summed E-state index contributed by atoms with van der Waals surface area (Å²) in [7, 11) is 0. The van der Waals surface area contributed by atoms with Gasteiger partial charge in [0.15, 0.2) is 11.5 Å². The molecule has 5 atom stereocenters. The SMILES string of the molecule is CC1[C@@H](n2cnc3c(N)ncnc32)[C@H](O)[C@H](O)[C@H]1CCO. The Hall–Kier alpha value is -1.77. The van der Waals surface area contributed by atoms with Crippen molar-refractivity contribution in [3.8, 4) is 0 Å².